The van der Waals surface area contributed by atoms with Crippen LogP contribution in [-0.2, 0) is 9.53 Å². The number of carboxylic acids is 1. The molecule has 1 atom stereocenters. The molecular formula is C11H24N2O3. The zero-order chi connectivity index (χ0) is 12.6. The Morgan fingerprint density at radius 1 is 1.44 bits per heavy atom. The monoisotopic (exact) mass is 232 g/mol. The van der Waals surface area contributed by atoms with Gasteiger partial charge < -0.3 is 15.6 Å². The van der Waals surface area contributed by atoms with Crippen molar-refractivity contribution in [3.63, 3.8) is 0 Å². The standard InChI is InChI=1S/C11H24N2O3/c1-4-9(5-2)13(6-7-16-3)8-10(12)11(14)15/h9-10H,4-8,12H2,1-3H3,(H,14,15). The van der Waals surface area contributed by atoms with Gasteiger partial charge in [-0.2, -0.15) is 0 Å². The number of hydrogen-bond donors (Lipinski definition) is 2. The molecule has 1 unspecified atom stereocenters. The summed E-state index contributed by atoms with van der Waals surface area (Å²) < 4.78 is 5.02. The summed E-state index contributed by atoms with van der Waals surface area (Å²) in [4.78, 5) is 12.8. The van der Waals surface area contributed by atoms with Crippen molar-refractivity contribution in [2.75, 3.05) is 26.8 Å². The molecule has 0 aromatic rings. The van der Waals surface area contributed by atoms with Gasteiger partial charge in [0.05, 0.1) is 6.61 Å². The Kier molecular flexibility index (Phi) is 8.15. The number of aliphatic carboxylic acids is 1. The lowest BCUT2D eigenvalue weighted by Crippen LogP contribution is -2.47. The van der Waals surface area contributed by atoms with Crippen molar-refractivity contribution < 1.29 is 14.6 Å². The molecule has 0 fully saturated rings. The maximum Gasteiger partial charge on any atom is 0.321 e. The van der Waals surface area contributed by atoms with Crippen molar-refractivity contribution in [2.24, 2.45) is 5.73 Å². The molecule has 0 aliphatic heterocycles. The summed E-state index contributed by atoms with van der Waals surface area (Å²) in [7, 11) is 1.64. The number of hydrogen-bond acceptors (Lipinski definition) is 4. The summed E-state index contributed by atoms with van der Waals surface area (Å²) in [6, 6.07) is -0.446. The number of carboxylic acid groups (broad SMARTS) is 1. The van der Waals surface area contributed by atoms with Gasteiger partial charge >= 0.3 is 5.97 Å². The van der Waals surface area contributed by atoms with Gasteiger partial charge in [0.15, 0.2) is 0 Å². The van der Waals surface area contributed by atoms with Crippen LogP contribution in [0.1, 0.15) is 26.7 Å². The van der Waals surface area contributed by atoms with Crippen LogP contribution in [-0.4, -0.2) is 54.9 Å². The van der Waals surface area contributed by atoms with Gasteiger partial charge in [0.2, 0.25) is 0 Å². The van der Waals surface area contributed by atoms with E-state index in [-0.39, 0.29) is 0 Å². The zero-order valence-electron chi connectivity index (χ0n) is 10.5. The number of rotatable bonds is 9. The van der Waals surface area contributed by atoms with Crippen LogP contribution in [0, 0.1) is 0 Å². The van der Waals surface area contributed by atoms with Gasteiger partial charge in [-0.25, -0.2) is 0 Å². The Bertz CT molecular complexity index is 196. The summed E-state index contributed by atoms with van der Waals surface area (Å²) in [6.45, 7) is 5.90. The largest absolute Gasteiger partial charge is 0.480 e. The lowest BCUT2D eigenvalue weighted by Gasteiger charge is -2.31. The first-order valence-electron chi connectivity index (χ1n) is 5.78. The lowest BCUT2D eigenvalue weighted by atomic mass is 10.1. The molecule has 5 heteroatoms. The normalized spacial score (nSPS) is 13.4. The maximum atomic E-state index is 10.7. The first kappa shape index (κ1) is 15.3. The number of nitrogens with zero attached hydrogens (tertiary/aromatic N) is 1. The average molecular weight is 232 g/mol. The van der Waals surface area contributed by atoms with Gasteiger partial charge in [-0.05, 0) is 12.8 Å². The molecule has 0 bridgehead atoms. The maximum absolute atomic E-state index is 10.7. The Morgan fingerprint density at radius 2 is 2.00 bits per heavy atom. The van der Waals surface area contributed by atoms with Crippen LogP contribution in [0.5, 0.6) is 0 Å². The van der Waals surface area contributed by atoms with Crippen molar-refractivity contribution >= 4 is 5.97 Å². The van der Waals surface area contributed by atoms with Crippen LogP contribution in [0.25, 0.3) is 0 Å². The second kappa shape index (κ2) is 8.50. The minimum absolute atomic E-state index is 0.376. The van der Waals surface area contributed by atoms with Gasteiger partial charge in [0, 0.05) is 26.2 Å². The molecular weight excluding hydrogens is 208 g/mol. The molecule has 0 aromatic heterocycles. The van der Waals surface area contributed by atoms with Gasteiger partial charge in [-0.1, -0.05) is 13.8 Å². The zero-order valence-corrected chi connectivity index (χ0v) is 10.5. The molecule has 0 aliphatic carbocycles. The fourth-order valence-electron chi connectivity index (χ4n) is 1.77. The molecule has 0 aliphatic rings. The highest BCUT2D eigenvalue weighted by Crippen LogP contribution is 2.08. The molecule has 0 spiro atoms. The summed E-state index contributed by atoms with van der Waals surface area (Å²) in [5.41, 5.74) is 5.55. The fraction of sp³-hybridized carbons (Fsp3) is 0.909. The lowest BCUT2D eigenvalue weighted by molar-refractivity contribution is -0.139. The highest BCUT2D eigenvalue weighted by Gasteiger charge is 2.21. The van der Waals surface area contributed by atoms with E-state index in [2.05, 4.69) is 18.7 Å². The minimum Gasteiger partial charge on any atom is -0.480 e. The van der Waals surface area contributed by atoms with E-state index in [1.54, 1.807) is 7.11 Å². The van der Waals surface area contributed by atoms with Crippen LogP contribution in [0.4, 0.5) is 0 Å². The summed E-state index contributed by atoms with van der Waals surface area (Å²) in [5, 5.41) is 8.80. The van der Waals surface area contributed by atoms with E-state index in [1.807, 2.05) is 0 Å². The summed E-state index contributed by atoms with van der Waals surface area (Å²) >= 11 is 0. The molecule has 0 saturated carbocycles. The van der Waals surface area contributed by atoms with Crippen LogP contribution in [0.2, 0.25) is 0 Å². The van der Waals surface area contributed by atoms with Crippen LogP contribution >= 0.6 is 0 Å². The SMILES string of the molecule is CCC(CC)N(CCOC)CC(N)C(=O)O. The fourth-order valence-corrected chi connectivity index (χ4v) is 1.77. The van der Waals surface area contributed by atoms with Gasteiger partial charge in [-0.15, -0.1) is 0 Å². The second-order valence-electron chi connectivity index (χ2n) is 3.90. The molecule has 5 nitrogen and oxygen atoms in total. The highest BCUT2D eigenvalue weighted by molar-refractivity contribution is 5.73. The van der Waals surface area contributed by atoms with Crippen molar-refractivity contribution in [3.05, 3.63) is 0 Å². The Hall–Kier alpha value is -0.650. The first-order valence-corrected chi connectivity index (χ1v) is 5.78. The number of ether oxygens (including phenoxy) is 1. The van der Waals surface area contributed by atoms with E-state index in [0.29, 0.717) is 19.2 Å². The van der Waals surface area contributed by atoms with E-state index in [4.69, 9.17) is 15.6 Å². The molecule has 3 N–H and O–H groups in total. The molecule has 0 heterocycles. The van der Waals surface area contributed by atoms with E-state index in [0.717, 1.165) is 19.4 Å². The summed E-state index contributed by atoms with van der Waals surface area (Å²) in [5.74, 6) is -0.951. The third-order valence-electron chi connectivity index (χ3n) is 2.79. The van der Waals surface area contributed by atoms with Crippen LogP contribution < -0.4 is 5.73 Å². The van der Waals surface area contributed by atoms with Crippen molar-refractivity contribution in [2.45, 2.75) is 38.8 Å². The Balaban J connectivity index is 4.34. The third kappa shape index (κ3) is 5.44. The number of carbonyl (C=O) groups is 1. The third-order valence-corrected chi connectivity index (χ3v) is 2.79. The Morgan fingerprint density at radius 3 is 2.38 bits per heavy atom. The van der Waals surface area contributed by atoms with Gasteiger partial charge in [0.1, 0.15) is 6.04 Å². The predicted octanol–water partition coefficient (Wildman–Crippen LogP) is 0.535. The molecule has 0 rings (SSSR count). The Labute approximate surface area is 97.6 Å². The molecule has 96 valence electrons. The number of nitrogens with two attached hydrogens (primary N) is 1. The molecule has 0 aromatic carbocycles. The van der Waals surface area contributed by atoms with Crippen LogP contribution in [0.3, 0.4) is 0 Å². The minimum atomic E-state index is -0.951. The second-order valence-corrected chi connectivity index (χ2v) is 3.90. The molecule has 0 radical (unpaired) electrons. The number of methoxy groups -OCH3 is 1. The predicted molar refractivity (Wildman–Crippen MR) is 63.4 cm³/mol. The molecule has 16 heavy (non-hydrogen) atoms. The van der Waals surface area contributed by atoms with E-state index in [9.17, 15) is 4.79 Å². The topological polar surface area (TPSA) is 75.8 Å². The van der Waals surface area contributed by atoms with E-state index >= 15 is 0 Å². The quantitative estimate of drug-likeness (QED) is 0.606. The molecule has 0 amide bonds. The van der Waals surface area contributed by atoms with Crippen molar-refractivity contribution in [3.8, 4) is 0 Å². The van der Waals surface area contributed by atoms with E-state index < -0.39 is 12.0 Å². The highest BCUT2D eigenvalue weighted by atomic mass is 16.5. The van der Waals surface area contributed by atoms with Crippen molar-refractivity contribution in [1.29, 1.82) is 0 Å². The van der Waals surface area contributed by atoms with Gasteiger partial charge in [0.25, 0.3) is 0 Å². The average Bonchev–Trinajstić information content (AvgIpc) is 2.26. The van der Waals surface area contributed by atoms with Crippen LogP contribution in [0.15, 0.2) is 0 Å². The molecule has 0 saturated heterocycles. The summed E-state index contributed by atoms with van der Waals surface area (Å²) in [6.07, 6.45) is 1.99. The smallest absolute Gasteiger partial charge is 0.321 e. The first-order chi connectivity index (χ1) is 7.56. The van der Waals surface area contributed by atoms with E-state index in [1.165, 1.54) is 0 Å². The van der Waals surface area contributed by atoms with Crippen molar-refractivity contribution in [1.82, 2.24) is 4.90 Å². The van der Waals surface area contributed by atoms with Gasteiger partial charge in [-0.3, -0.25) is 9.69 Å².